The maximum atomic E-state index is 13.4. The van der Waals surface area contributed by atoms with Crippen molar-refractivity contribution in [3.63, 3.8) is 0 Å². The number of sulfonamides is 1. The predicted molar refractivity (Wildman–Crippen MR) is 97.7 cm³/mol. The molecule has 10 heteroatoms. The van der Waals surface area contributed by atoms with Crippen molar-refractivity contribution < 1.29 is 21.6 Å². The lowest BCUT2D eigenvalue weighted by Crippen LogP contribution is -2.25. The van der Waals surface area contributed by atoms with E-state index in [0.29, 0.717) is 5.56 Å². The minimum atomic E-state index is -4.64. The van der Waals surface area contributed by atoms with E-state index in [9.17, 15) is 21.6 Å². The van der Waals surface area contributed by atoms with Crippen LogP contribution in [0.25, 0.3) is 11.1 Å². The summed E-state index contributed by atoms with van der Waals surface area (Å²) in [7, 11) is -3.41. The normalized spacial score (nSPS) is 13.5. The van der Waals surface area contributed by atoms with Crippen molar-refractivity contribution in [3.05, 3.63) is 52.5 Å². The Morgan fingerprint density at radius 3 is 2.23 bits per heavy atom. The molecule has 0 amide bonds. The molecule has 1 atom stereocenters. The van der Waals surface area contributed by atoms with Crippen LogP contribution in [0.15, 0.2) is 40.8 Å². The van der Waals surface area contributed by atoms with Gasteiger partial charge >= 0.3 is 6.18 Å². The third-order valence-electron chi connectivity index (χ3n) is 3.58. The van der Waals surface area contributed by atoms with Gasteiger partial charge in [-0.2, -0.15) is 17.5 Å². The predicted octanol–water partition coefficient (Wildman–Crippen LogP) is 5.00. The highest BCUT2D eigenvalue weighted by molar-refractivity contribution is 7.88. The maximum absolute atomic E-state index is 13.4. The van der Waals surface area contributed by atoms with E-state index in [2.05, 4.69) is 21.5 Å². The molecule has 0 aliphatic carbocycles. The molecular weight excluding hydrogens is 409 g/mol. The second-order valence-corrected chi connectivity index (χ2v) is 8.04. The van der Waals surface area contributed by atoms with E-state index in [1.165, 1.54) is 18.2 Å². The molecule has 0 heterocycles. The molecule has 0 bridgehead atoms. The summed E-state index contributed by atoms with van der Waals surface area (Å²) in [4.78, 5) is 0. The van der Waals surface area contributed by atoms with Gasteiger partial charge in [-0.15, -0.1) is 0 Å². The Kier molecular flexibility index (Phi) is 6.06. The molecule has 0 saturated carbocycles. The van der Waals surface area contributed by atoms with Gasteiger partial charge in [0.05, 0.1) is 22.5 Å². The van der Waals surface area contributed by atoms with Crippen LogP contribution in [0, 0.1) is 0 Å². The molecule has 0 radical (unpaired) electrons. The molecular formula is C16H14ClF3N2O2S2. The van der Waals surface area contributed by atoms with Crippen molar-refractivity contribution in [2.75, 3.05) is 6.26 Å². The Bertz CT molecular complexity index is 930. The summed E-state index contributed by atoms with van der Waals surface area (Å²) in [5.74, 6) is 0. The first kappa shape index (κ1) is 20.8. The van der Waals surface area contributed by atoms with Crippen LogP contribution in [0.3, 0.4) is 0 Å². The van der Waals surface area contributed by atoms with Gasteiger partial charge in [0.1, 0.15) is 0 Å². The zero-order chi connectivity index (χ0) is 19.7. The Labute approximate surface area is 159 Å². The van der Waals surface area contributed by atoms with Crippen LogP contribution in [0.2, 0.25) is 5.02 Å². The van der Waals surface area contributed by atoms with E-state index in [4.69, 9.17) is 11.6 Å². The lowest BCUT2D eigenvalue weighted by molar-refractivity contribution is -0.137. The van der Waals surface area contributed by atoms with Gasteiger partial charge < -0.3 is 0 Å². The molecule has 0 aliphatic heterocycles. The molecule has 2 aromatic carbocycles. The topological polar surface area (TPSA) is 58.5 Å². The minimum Gasteiger partial charge on any atom is -0.213 e. The highest BCUT2D eigenvalue weighted by Gasteiger charge is 2.35. The van der Waals surface area contributed by atoms with Crippen LogP contribution in [-0.2, 0) is 28.6 Å². The third kappa shape index (κ3) is 5.00. The van der Waals surface area contributed by atoms with Gasteiger partial charge in [-0.25, -0.2) is 13.1 Å². The number of alkyl halides is 3. The highest BCUT2D eigenvalue weighted by atomic mass is 35.5. The smallest absolute Gasteiger partial charge is 0.213 e. The van der Waals surface area contributed by atoms with Crippen molar-refractivity contribution in [2.45, 2.75) is 19.1 Å². The minimum absolute atomic E-state index is 0.0522. The molecule has 0 aromatic heterocycles. The molecule has 4 nitrogen and oxygen atoms in total. The van der Waals surface area contributed by atoms with Crippen LogP contribution in [0.1, 0.15) is 24.1 Å². The third-order valence-corrected chi connectivity index (χ3v) is 4.87. The van der Waals surface area contributed by atoms with E-state index in [-0.39, 0.29) is 21.8 Å². The second kappa shape index (κ2) is 7.59. The van der Waals surface area contributed by atoms with E-state index in [0.717, 1.165) is 12.3 Å². The molecule has 2 rings (SSSR count). The molecule has 0 fully saturated rings. The Morgan fingerprint density at radius 2 is 1.77 bits per heavy atom. The summed E-state index contributed by atoms with van der Waals surface area (Å²) < 4.78 is 68.6. The number of rotatable bonds is 5. The van der Waals surface area contributed by atoms with E-state index in [1.807, 2.05) is 0 Å². The van der Waals surface area contributed by atoms with Gasteiger partial charge in [-0.1, -0.05) is 35.9 Å². The summed E-state index contributed by atoms with van der Waals surface area (Å²) in [6, 6.07) is 7.57. The van der Waals surface area contributed by atoms with Gasteiger partial charge in [0.25, 0.3) is 0 Å². The summed E-state index contributed by atoms with van der Waals surface area (Å²) >= 11 is 10.5. The second-order valence-electron chi connectivity index (χ2n) is 5.67. The lowest BCUT2D eigenvalue weighted by atomic mass is 9.96. The molecule has 1 N–H and O–H groups in total. The van der Waals surface area contributed by atoms with E-state index in [1.54, 1.807) is 19.1 Å². The Hall–Kier alpha value is -1.55. The fourth-order valence-electron chi connectivity index (χ4n) is 2.49. The molecule has 140 valence electrons. The Morgan fingerprint density at radius 1 is 1.19 bits per heavy atom. The monoisotopic (exact) mass is 422 g/mol. The van der Waals surface area contributed by atoms with Crippen molar-refractivity contribution in [3.8, 4) is 11.1 Å². The van der Waals surface area contributed by atoms with Crippen molar-refractivity contribution >= 4 is 39.7 Å². The maximum Gasteiger partial charge on any atom is 0.417 e. The summed E-state index contributed by atoms with van der Waals surface area (Å²) in [5, 5.41) is -0.126. The van der Waals surface area contributed by atoms with Gasteiger partial charge in [-0.3, -0.25) is 0 Å². The summed E-state index contributed by atoms with van der Waals surface area (Å²) in [6.07, 6.45) is -3.61. The SMILES string of the molecule is C[C@H](NS(C)(=O)=O)c1ccc(-c2c(Cl)cc(N=S)cc2C(F)(F)F)cc1. The highest BCUT2D eigenvalue weighted by Crippen LogP contribution is 2.43. The fourth-order valence-corrected chi connectivity index (χ4v) is 3.70. The van der Waals surface area contributed by atoms with Crippen molar-refractivity contribution in [1.29, 1.82) is 0 Å². The number of nitrogens with zero attached hydrogens (tertiary/aromatic N) is 1. The zero-order valence-corrected chi connectivity index (χ0v) is 16.0. The lowest BCUT2D eigenvalue weighted by Gasteiger charge is -2.17. The molecule has 0 unspecified atom stereocenters. The summed E-state index contributed by atoms with van der Waals surface area (Å²) in [5.41, 5.74) is -0.334. The average molecular weight is 423 g/mol. The number of halogens is 4. The number of benzene rings is 2. The van der Waals surface area contributed by atoms with Gasteiger partial charge in [0, 0.05) is 24.0 Å². The van der Waals surface area contributed by atoms with Crippen molar-refractivity contribution in [2.24, 2.45) is 4.36 Å². The number of nitrogens with one attached hydrogen (secondary N) is 1. The van der Waals surface area contributed by atoms with Crippen LogP contribution in [0.4, 0.5) is 18.9 Å². The van der Waals surface area contributed by atoms with Gasteiger partial charge in [0.15, 0.2) is 0 Å². The first-order valence-corrected chi connectivity index (χ1v) is 9.87. The molecule has 0 aliphatic rings. The van der Waals surface area contributed by atoms with Crippen LogP contribution < -0.4 is 4.72 Å². The van der Waals surface area contributed by atoms with Gasteiger partial charge in [-0.05, 0) is 30.2 Å². The van der Waals surface area contributed by atoms with Crippen LogP contribution in [0.5, 0.6) is 0 Å². The molecule has 0 spiro atoms. The van der Waals surface area contributed by atoms with Crippen LogP contribution >= 0.6 is 11.6 Å². The van der Waals surface area contributed by atoms with E-state index < -0.39 is 27.8 Å². The van der Waals surface area contributed by atoms with E-state index >= 15 is 0 Å². The first-order valence-electron chi connectivity index (χ1n) is 7.24. The first-order chi connectivity index (χ1) is 11.9. The summed E-state index contributed by atoms with van der Waals surface area (Å²) in [6.45, 7) is 1.63. The standard InChI is InChI=1S/C16H14ClF3N2O2S2/c1-9(22-26(2,23)24)10-3-5-11(6-4-10)15-13(16(18,19)20)7-12(21-25)8-14(15)17/h3-9,22H,1-2H3/t9-/m0/s1. The fraction of sp³-hybridized carbons (Fsp3) is 0.250. The molecule has 26 heavy (non-hydrogen) atoms. The van der Waals surface area contributed by atoms with Crippen molar-refractivity contribution in [1.82, 2.24) is 4.72 Å². The number of hydrogen-bond donors (Lipinski definition) is 1. The van der Waals surface area contributed by atoms with Gasteiger partial charge in [0.2, 0.25) is 10.0 Å². The largest absolute Gasteiger partial charge is 0.417 e. The number of hydrogen-bond acceptors (Lipinski definition) is 4. The quantitative estimate of drug-likeness (QED) is 0.737. The zero-order valence-electron chi connectivity index (χ0n) is 13.6. The Balaban J connectivity index is 2.51. The van der Waals surface area contributed by atoms with Crippen LogP contribution in [-0.4, -0.2) is 14.7 Å². The molecule has 2 aromatic rings. The average Bonchev–Trinajstić information content (AvgIpc) is 2.51. The molecule has 0 saturated heterocycles.